The van der Waals surface area contributed by atoms with Crippen LogP contribution in [0.1, 0.15) is 27.2 Å². The first-order valence-electron chi connectivity index (χ1n) is 10.6. The first-order chi connectivity index (χ1) is 14.0. The first-order valence-corrected chi connectivity index (χ1v) is 10.6. The molecule has 0 amide bonds. The molecule has 0 spiro atoms. The number of guanidine groups is 1. The molecule has 170 valence electrons. The minimum Gasteiger partial charge on any atom is -0.379 e. The molecule has 1 aromatic carbocycles. The van der Waals surface area contributed by atoms with Crippen molar-refractivity contribution in [2.24, 2.45) is 4.99 Å². The van der Waals surface area contributed by atoms with Gasteiger partial charge in [0.05, 0.1) is 25.4 Å². The van der Waals surface area contributed by atoms with Crippen molar-refractivity contribution in [3.05, 3.63) is 29.8 Å². The highest BCUT2D eigenvalue weighted by molar-refractivity contribution is 14.0. The molecule has 2 aliphatic rings. The quantitative estimate of drug-likeness (QED) is 0.332. The van der Waals surface area contributed by atoms with Gasteiger partial charge >= 0.3 is 0 Å². The molecule has 0 bridgehead atoms. The van der Waals surface area contributed by atoms with Gasteiger partial charge in [0.2, 0.25) is 0 Å². The maximum atomic E-state index is 14.1. The molecule has 1 aromatic rings. The Morgan fingerprint density at radius 2 is 2.13 bits per heavy atom. The predicted octanol–water partition coefficient (Wildman–Crippen LogP) is 2.83. The van der Waals surface area contributed by atoms with Crippen molar-refractivity contribution >= 4 is 35.6 Å². The van der Waals surface area contributed by atoms with E-state index in [1.165, 1.54) is 12.1 Å². The normalized spacial score (nSPS) is 23.8. The van der Waals surface area contributed by atoms with Gasteiger partial charge in [0.1, 0.15) is 11.6 Å². The number of ether oxygens (including phenoxy) is 1. The molecule has 3 rings (SSSR count). The molecule has 3 atom stereocenters. The SMILES string of the molecule is CCNC(=NCC(C)N1CCOCC1C)NC1CCN(c2ccc(F)cc2F)C1.I. The lowest BCUT2D eigenvalue weighted by Gasteiger charge is -2.37. The Bertz CT molecular complexity index is 708. The fraction of sp³-hybridized carbons (Fsp3) is 0.667. The van der Waals surface area contributed by atoms with Crippen molar-refractivity contribution in [3.63, 3.8) is 0 Å². The van der Waals surface area contributed by atoms with Gasteiger partial charge in [-0.2, -0.15) is 0 Å². The van der Waals surface area contributed by atoms with E-state index >= 15 is 0 Å². The molecule has 0 aliphatic carbocycles. The Kier molecular flexibility index (Phi) is 10.0. The third-order valence-corrected chi connectivity index (χ3v) is 5.62. The highest BCUT2D eigenvalue weighted by Crippen LogP contribution is 2.24. The molecule has 3 unspecified atom stereocenters. The van der Waals surface area contributed by atoms with Crippen molar-refractivity contribution in [1.82, 2.24) is 15.5 Å². The molecule has 2 heterocycles. The molecular formula is C21H34F2IN5O. The van der Waals surface area contributed by atoms with Crippen molar-refractivity contribution < 1.29 is 13.5 Å². The minimum atomic E-state index is -0.551. The van der Waals surface area contributed by atoms with Crippen LogP contribution in [-0.2, 0) is 4.74 Å². The van der Waals surface area contributed by atoms with Crippen LogP contribution in [0.25, 0.3) is 0 Å². The zero-order chi connectivity index (χ0) is 20.8. The predicted molar refractivity (Wildman–Crippen MR) is 128 cm³/mol. The number of hydrogen-bond acceptors (Lipinski definition) is 4. The van der Waals surface area contributed by atoms with E-state index in [1.807, 2.05) is 11.8 Å². The molecule has 2 aliphatic heterocycles. The molecule has 2 saturated heterocycles. The summed E-state index contributed by atoms with van der Waals surface area (Å²) in [7, 11) is 0. The average molecular weight is 537 g/mol. The summed E-state index contributed by atoms with van der Waals surface area (Å²) in [6.07, 6.45) is 0.872. The van der Waals surface area contributed by atoms with Crippen molar-refractivity contribution in [1.29, 1.82) is 0 Å². The van der Waals surface area contributed by atoms with Gasteiger partial charge in [0.25, 0.3) is 0 Å². The van der Waals surface area contributed by atoms with Crippen molar-refractivity contribution in [2.45, 2.75) is 45.3 Å². The van der Waals surface area contributed by atoms with Crippen LogP contribution in [0, 0.1) is 11.6 Å². The molecule has 0 saturated carbocycles. The number of nitrogens with zero attached hydrogens (tertiary/aromatic N) is 3. The Morgan fingerprint density at radius 1 is 1.33 bits per heavy atom. The minimum absolute atomic E-state index is 0. The van der Waals surface area contributed by atoms with Gasteiger partial charge < -0.3 is 20.3 Å². The second kappa shape index (κ2) is 12.0. The lowest BCUT2D eigenvalue weighted by molar-refractivity contribution is -0.0165. The monoisotopic (exact) mass is 537 g/mol. The molecule has 9 heteroatoms. The molecular weight excluding hydrogens is 503 g/mol. The lowest BCUT2D eigenvalue weighted by atomic mass is 10.2. The van der Waals surface area contributed by atoms with Gasteiger partial charge in [-0.3, -0.25) is 9.89 Å². The summed E-state index contributed by atoms with van der Waals surface area (Å²) >= 11 is 0. The van der Waals surface area contributed by atoms with Crippen LogP contribution in [0.15, 0.2) is 23.2 Å². The van der Waals surface area contributed by atoms with Crippen LogP contribution in [0.3, 0.4) is 0 Å². The highest BCUT2D eigenvalue weighted by atomic mass is 127. The number of morpholine rings is 1. The third-order valence-electron chi connectivity index (χ3n) is 5.62. The number of nitrogens with one attached hydrogen (secondary N) is 2. The molecule has 0 aromatic heterocycles. The van der Waals surface area contributed by atoms with Crippen LogP contribution < -0.4 is 15.5 Å². The van der Waals surface area contributed by atoms with Gasteiger partial charge in [0.15, 0.2) is 5.96 Å². The summed E-state index contributed by atoms with van der Waals surface area (Å²) in [4.78, 5) is 9.17. The number of hydrogen-bond donors (Lipinski definition) is 2. The smallest absolute Gasteiger partial charge is 0.191 e. The van der Waals surface area contributed by atoms with E-state index in [2.05, 4.69) is 29.4 Å². The summed E-state index contributed by atoms with van der Waals surface area (Å²) in [5, 5.41) is 6.78. The Hall–Kier alpha value is -1.20. The van der Waals surface area contributed by atoms with E-state index < -0.39 is 11.6 Å². The van der Waals surface area contributed by atoms with Crippen LogP contribution >= 0.6 is 24.0 Å². The summed E-state index contributed by atoms with van der Waals surface area (Å²) in [5.41, 5.74) is 0.451. The van der Waals surface area contributed by atoms with Gasteiger partial charge in [-0.25, -0.2) is 8.78 Å². The second-order valence-electron chi connectivity index (χ2n) is 7.90. The zero-order valence-electron chi connectivity index (χ0n) is 18.0. The summed E-state index contributed by atoms with van der Waals surface area (Å²) in [5.74, 6) is -0.281. The second-order valence-corrected chi connectivity index (χ2v) is 7.90. The maximum Gasteiger partial charge on any atom is 0.191 e. The maximum absolute atomic E-state index is 14.1. The average Bonchev–Trinajstić information content (AvgIpc) is 3.14. The third kappa shape index (κ3) is 6.65. The van der Waals surface area contributed by atoms with Crippen molar-refractivity contribution in [3.8, 4) is 0 Å². The van der Waals surface area contributed by atoms with Crippen LogP contribution in [0.2, 0.25) is 0 Å². The molecule has 0 radical (unpaired) electrons. The fourth-order valence-electron chi connectivity index (χ4n) is 4.07. The van der Waals surface area contributed by atoms with E-state index in [0.29, 0.717) is 30.9 Å². The Morgan fingerprint density at radius 3 is 2.83 bits per heavy atom. The Balaban J connectivity index is 0.00000320. The number of benzene rings is 1. The Labute approximate surface area is 195 Å². The number of rotatable bonds is 6. The lowest BCUT2D eigenvalue weighted by Crippen LogP contribution is -2.50. The molecule has 6 nitrogen and oxygen atoms in total. The summed E-state index contributed by atoms with van der Waals surface area (Å²) in [6, 6.07) is 4.65. The number of anilines is 1. The van der Waals surface area contributed by atoms with Gasteiger partial charge in [-0.15, -0.1) is 24.0 Å². The topological polar surface area (TPSA) is 52.1 Å². The molecule has 30 heavy (non-hydrogen) atoms. The summed E-state index contributed by atoms with van der Waals surface area (Å²) < 4.78 is 32.8. The molecule has 2 N–H and O–H groups in total. The standard InChI is InChI=1S/C21H33F2N5O.HI/c1-4-24-21(25-12-15(2)28-9-10-29-14-16(28)3)26-18-7-8-27(13-18)20-6-5-17(22)11-19(20)23;/h5-6,11,15-16,18H,4,7-10,12-14H2,1-3H3,(H2,24,25,26);1H. The highest BCUT2D eigenvalue weighted by Gasteiger charge is 2.26. The van der Waals surface area contributed by atoms with Gasteiger partial charge in [0, 0.05) is 50.4 Å². The van der Waals surface area contributed by atoms with Gasteiger partial charge in [-0.1, -0.05) is 0 Å². The van der Waals surface area contributed by atoms with Crippen LogP contribution in [0.5, 0.6) is 0 Å². The summed E-state index contributed by atoms with van der Waals surface area (Å²) in [6.45, 7) is 11.7. The van der Waals surface area contributed by atoms with Crippen molar-refractivity contribution in [2.75, 3.05) is 50.8 Å². The van der Waals surface area contributed by atoms with E-state index in [4.69, 9.17) is 9.73 Å². The molecule has 2 fully saturated rings. The number of halogens is 3. The van der Waals surface area contributed by atoms with Crippen LogP contribution in [0.4, 0.5) is 14.5 Å². The van der Waals surface area contributed by atoms with E-state index in [1.54, 1.807) is 0 Å². The van der Waals surface area contributed by atoms with Gasteiger partial charge in [-0.05, 0) is 39.3 Å². The van der Waals surface area contributed by atoms with E-state index in [9.17, 15) is 8.78 Å². The first kappa shape index (κ1) is 25.1. The number of aliphatic imine (C=N–C) groups is 1. The van der Waals surface area contributed by atoms with E-state index in [0.717, 1.165) is 51.3 Å². The largest absolute Gasteiger partial charge is 0.379 e. The zero-order valence-corrected chi connectivity index (χ0v) is 20.4. The van der Waals surface area contributed by atoms with E-state index in [-0.39, 0.29) is 30.0 Å². The van der Waals surface area contributed by atoms with Crippen LogP contribution in [-0.4, -0.2) is 74.9 Å². The fourth-order valence-corrected chi connectivity index (χ4v) is 4.07.